The predicted molar refractivity (Wildman–Crippen MR) is 246 cm³/mol. The molecule has 10 rings (SSSR count). The van der Waals surface area contributed by atoms with Crippen LogP contribution in [0.3, 0.4) is 0 Å². The van der Waals surface area contributed by atoms with E-state index in [0.717, 1.165) is 49.5 Å². The number of halogens is 10. The van der Waals surface area contributed by atoms with E-state index in [1.54, 1.807) is 0 Å². The highest BCUT2D eigenvalue weighted by atomic mass is 19.3. The first-order valence-corrected chi connectivity index (χ1v) is 22.8. The Labute approximate surface area is 427 Å². The number of aromatic nitrogens is 12. The molecule has 77 heavy (non-hydrogen) atoms. The largest absolute Gasteiger partial charge is 0.415 e. The fourth-order valence-electron chi connectivity index (χ4n) is 6.92. The van der Waals surface area contributed by atoms with Crippen LogP contribution in [0.5, 0.6) is 0 Å². The van der Waals surface area contributed by atoms with E-state index in [9.17, 15) is 53.5 Å². The molecule has 2 N–H and O–H groups in total. The molecule has 2 aromatic carbocycles. The van der Waals surface area contributed by atoms with Crippen LogP contribution in [-0.4, -0.2) is 83.9 Å². The van der Waals surface area contributed by atoms with Gasteiger partial charge in [-0.2, -0.15) is 26.3 Å². The number of alkyl halides is 6. The molecule has 2 aliphatic carbocycles. The van der Waals surface area contributed by atoms with Crippen molar-refractivity contribution in [3.8, 4) is 34.4 Å². The van der Waals surface area contributed by atoms with Crippen LogP contribution in [0.2, 0.25) is 0 Å². The van der Waals surface area contributed by atoms with Crippen molar-refractivity contribution in [1.29, 1.82) is 0 Å². The second kappa shape index (κ2) is 22.5. The molecule has 6 heterocycles. The summed E-state index contributed by atoms with van der Waals surface area (Å²) in [6.45, 7) is 8.61. The molecule has 20 nitrogen and oxygen atoms in total. The lowest BCUT2D eigenvalue weighted by Gasteiger charge is -2.21. The molecule has 0 saturated heterocycles. The van der Waals surface area contributed by atoms with E-state index in [1.165, 1.54) is 37.6 Å². The summed E-state index contributed by atoms with van der Waals surface area (Å²) in [5, 5.41) is 26.7. The van der Waals surface area contributed by atoms with Gasteiger partial charge in [-0.05, 0) is 68.2 Å². The summed E-state index contributed by atoms with van der Waals surface area (Å²) in [5.74, 6) is -9.53. The van der Waals surface area contributed by atoms with E-state index in [2.05, 4.69) is 98.8 Å². The Kier molecular flexibility index (Phi) is 15.9. The van der Waals surface area contributed by atoms with Crippen molar-refractivity contribution >= 4 is 29.7 Å². The second-order valence-corrected chi connectivity index (χ2v) is 17.8. The molecule has 0 aliphatic heterocycles. The molecule has 0 radical (unpaired) electrons. The summed E-state index contributed by atoms with van der Waals surface area (Å²) in [7, 11) is 0. The van der Waals surface area contributed by atoms with Gasteiger partial charge in [0.05, 0.1) is 27.8 Å². The molecule has 1 atom stereocenters. The highest BCUT2D eigenvalue weighted by Crippen LogP contribution is 2.48. The average Bonchev–Trinajstić information content (AvgIpc) is 4.09. The summed E-state index contributed by atoms with van der Waals surface area (Å²) in [4.78, 5) is 50.5. The Morgan fingerprint density at radius 2 is 0.922 bits per heavy atom. The van der Waals surface area contributed by atoms with E-state index in [-0.39, 0.29) is 33.8 Å². The molecule has 1 unspecified atom stereocenters. The van der Waals surface area contributed by atoms with Crippen molar-refractivity contribution in [1.82, 2.24) is 60.5 Å². The fourth-order valence-corrected chi connectivity index (χ4v) is 6.92. The molecular weight excluding hydrogens is 1040 g/mol. The van der Waals surface area contributed by atoms with Gasteiger partial charge < -0.3 is 23.9 Å². The lowest BCUT2D eigenvalue weighted by molar-refractivity contribution is 0.0890. The molecule has 2 amide bonds. The number of amides is 2. The predicted octanol–water partition coefficient (Wildman–Crippen LogP) is 10.6. The van der Waals surface area contributed by atoms with E-state index in [0.29, 0.717) is 46.5 Å². The standard InChI is InChI=1S/C21H9F6N5O3.2C13H15F2N5O/c22-10-1-3-12(14(24)5-10)19(33)32(20(34)13-4-2-11(23)6-15(13)25)21-28-7-9(8-29-21)17-30-31-18(35-17)16(26)27;1-7(13(2)3-4-13)18-12-16-5-8(6-17-12)10-19-20-11(21-10)9(14)15;1-7(2)13(3-4-13)18-12-16-5-8(6-17-12)10-19-20-11(21-10)9(14)15/h1-8,16H;2*5-7,9H,3-4H2,1-2H3,(H,16,17,18). The van der Waals surface area contributed by atoms with Gasteiger partial charge in [-0.1, -0.05) is 20.8 Å². The molecule has 8 aromatic rings. The van der Waals surface area contributed by atoms with Gasteiger partial charge in [0.1, 0.15) is 23.3 Å². The second-order valence-electron chi connectivity index (χ2n) is 17.8. The number of hydrogen-bond acceptors (Lipinski definition) is 19. The molecule has 2 aliphatic rings. The minimum Gasteiger partial charge on any atom is -0.415 e. The number of imide groups is 1. The summed E-state index contributed by atoms with van der Waals surface area (Å²) in [5.41, 5.74) is -0.453. The molecule has 2 fully saturated rings. The Balaban J connectivity index is 0.000000161. The Hall–Kier alpha value is -8.86. The van der Waals surface area contributed by atoms with Gasteiger partial charge >= 0.3 is 19.3 Å². The van der Waals surface area contributed by atoms with Gasteiger partial charge in [0.25, 0.3) is 47.2 Å². The van der Waals surface area contributed by atoms with Gasteiger partial charge in [0.2, 0.25) is 17.8 Å². The number of benzene rings is 2. The molecule has 2 saturated carbocycles. The first-order valence-electron chi connectivity index (χ1n) is 22.8. The number of carbonyl (C=O) groups is 2. The van der Waals surface area contributed by atoms with Crippen LogP contribution in [0, 0.1) is 34.6 Å². The number of carbonyl (C=O) groups excluding carboxylic acids is 2. The van der Waals surface area contributed by atoms with Gasteiger partial charge in [0, 0.05) is 60.9 Å². The van der Waals surface area contributed by atoms with Crippen molar-refractivity contribution in [2.24, 2.45) is 11.3 Å². The SMILES string of the molecule is CC(C)C1(Nc2ncc(-c3nnc(C(F)F)o3)cn2)CC1.CC(Nc1ncc(-c2nnc(C(F)F)o2)cn1)C1(C)CC1.O=C(c1ccc(F)cc1F)N(C(=O)c1ccc(F)cc1F)c1ncc(-c2nnc(C(F)F)o2)cn1. The van der Waals surface area contributed by atoms with Crippen LogP contribution in [0.25, 0.3) is 34.4 Å². The van der Waals surface area contributed by atoms with Gasteiger partial charge in [0.15, 0.2) is 0 Å². The quantitative estimate of drug-likeness (QED) is 0.0714. The topological polar surface area (TPSA) is 256 Å². The zero-order valence-corrected chi connectivity index (χ0v) is 40.3. The summed E-state index contributed by atoms with van der Waals surface area (Å²) in [6.07, 6.45) is 3.70. The molecular formula is C47H39F10N15O5. The van der Waals surface area contributed by atoms with Crippen LogP contribution in [0.15, 0.2) is 86.8 Å². The Morgan fingerprint density at radius 3 is 1.25 bits per heavy atom. The smallest absolute Gasteiger partial charge is 0.314 e. The third-order valence-corrected chi connectivity index (χ3v) is 12.2. The maximum atomic E-state index is 14.3. The minimum absolute atomic E-state index is 0.0122. The van der Waals surface area contributed by atoms with E-state index in [4.69, 9.17) is 13.3 Å². The van der Waals surface area contributed by atoms with Crippen LogP contribution in [0.4, 0.5) is 61.7 Å². The third kappa shape index (κ3) is 12.8. The van der Waals surface area contributed by atoms with Crippen LogP contribution < -0.4 is 15.5 Å². The van der Waals surface area contributed by atoms with Crippen LogP contribution in [-0.2, 0) is 0 Å². The normalized spacial score (nSPS) is 14.4. The maximum Gasteiger partial charge on any atom is 0.314 e. The van der Waals surface area contributed by atoms with Crippen LogP contribution >= 0.6 is 0 Å². The van der Waals surface area contributed by atoms with E-state index < -0.39 is 95.0 Å². The number of nitrogens with one attached hydrogen (secondary N) is 2. The first kappa shape index (κ1) is 54.4. The van der Waals surface area contributed by atoms with Crippen molar-refractivity contribution in [2.45, 2.75) is 84.2 Å². The Bertz CT molecular complexity index is 3270. The molecule has 6 aromatic heterocycles. The van der Waals surface area contributed by atoms with Crippen LogP contribution in [0.1, 0.15) is 111 Å². The summed E-state index contributed by atoms with van der Waals surface area (Å²) < 4.78 is 144. The van der Waals surface area contributed by atoms with Crippen molar-refractivity contribution < 1.29 is 66.7 Å². The first-order chi connectivity index (χ1) is 36.6. The molecule has 0 bridgehead atoms. The Morgan fingerprint density at radius 1 is 0.545 bits per heavy atom. The molecule has 30 heteroatoms. The molecule has 0 spiro atoms. The number of rotatable bonds is 15. The van der Waals surface area contributed by atoms with E-state index >= 15 is 0 Å². The monoisotopic (exact) mass is 1080 g/mol. The number of anilines is 3. The van der Waals surface area contributed by atoms with Crippen molar-refractivity contribution in [3.05, 3.63) is 126 Å². The maximum absolute atomic E-state index is 14.3. The summed E-state index contributed by atoms with van der Waals surface area (Å²) in [6, 6.07) is 4.02. The highest BCUT2D eigenvalue weighted by molar-refractivity contribution is 6.25. The zero-order valence-electron chi connectivity index (χ0n) is 40.3. The van der Waals surface area contributed by atoms with Crippen molar-refractivity contribution in [2.75, 3.05) is 15.5 Å². The van der Waals surface area contributed by atoms with Gasteiger partial charge in [-0.25, -0.2) is 52.4 Å². The molecule has 402 valence electrons. The van der Waals surface area contributed by atoms with Gasteiger partial charge in [-0.15, -0.1) is 30.6 Å². The lowest BCUT2D eigenvalue weighted by atomic mass is 10.0. The fraction of sp³-hybridized carbons (Fsp3) is 0.319. The third-order valence-electron chi connectivity index (χ3n) is 12.2. The zero-order chi connectivity index (χ0) is 55.3. The summed E-state index contributed by atoms with van der Waals surface area (Å²) >= 11 is 0. The lowest BCUT2D eigenvalue weighted by Crippen LogP contribution is -2.39. The van der Waals surface area contributed by atoms with Crippen molar-refractivity contribution in [3.63, 3.8) is 0 Å². The average molecular weight is 1080 g/mol. The minimum atomic E-state index is -3.04. The number of nitrogens with zero attached hydrogens (tertiary/aromatic N) is 13. The van der Waals surface area contributed by atoms with E-state index in [1.807, 2.05) is 0 Å². The number of hydrogen-bond donors (Lipinski definition) is 2. The highest BCUT2D eigenvalue weighted by Gasteiger charge is 2.46. The van der Waals surface area contributed by atoms with Gasteiger partial charge in [-0.3, -0.25) is 9.59 Å².